The van der Waals surface area contributed by atoms with Gasteiger partial charge in [0.25, 0.3) is 0 Å². The Labute approximate surface area is 105 Å². The van der Waals surface area contributed by atoms with E-state index < -0.39 is 6.10 Å². The van der Waals surface area contributed by atoms with Gasteiger partial charge in [0, 0.05) is 23.1 Å². The summed E-state index contributed by atoms with van der Waals surface area (Å²) in [5.74, 6) is 0.729. The Morgan fingerprint density at radius 1 is 1.47 bits per heavy atom. The van der Waals surface area contributed by atoms with Crippen molar-refractivity contribution < 1.29 is 9.84 Å². The highest BCUT2D eigenvalue weighted by atomic mass is 32.1. The second kappa shape index (κ2) is 5.29. The fraction of sp³-hybridized carbons (Fsp3) is 0.308. The minimum atomic E-state index is -0.551. The number of methoxy groups -OCH3 is 1. The second-order valence-corrected chi connectivity index (χ2v) is 4.90. The van der Waals surface area contributed by atoms with Crippen molar-refractivity contribution in [1.82, 2.24) is 4.98 Å². The standard InChI is InChI=1S/C13H15NO2S/c1-9-3-4-13(16-2)11(5-9)12(15)6-10-7-14-8-17-10/h3-5,7-8,12,15H,6H2,1-2H3. The second-order valence-electron chi connectivity index (χ2n) is 3.93. The molecule has 1 N–H and O–H groups in total. The number of aryl methyl sites for hydroxylation is 1. The molecule has 0 fully saturated rings. The van der Waals surface area contributed by atoms with E-state index in [2.05, 4.69) is 4.98 Å². The summed E-state index contributed by atoms with van der Waals surface area (Å²) < 4.78 is 5.27. The molecule has 2 aromatic rings. The Bertz CT molecular complexity index is 482. The molecule has 1 heterocycles. The predicted octanol–water partition coefficient (Wildman–Crippen LogP) is 2.74. The Kier molecular flexibility index (Phi) is 3.76. The maximum absolute atomic E-state index is 10.2. The molecule has 0 aliphatic heterocycles. The van der Waals surface area contributed by atoms with Gasteiger partial charge in [-0.15, -0.1) is 11.3 Å². The smallest absolute Gasteiger partial charge is 0.124 e. The highest BCUT2D eigenvalue weighted by molar-refractivity contribution is 7.09. The number of nitrogens with zero attached hydrogens (tertiary/aromatic N) is 1. The van der Waals surface area contributed by atoms with Gasteiger partial charge in [-0.3, -0.25) is 4.98 Å². The molecule has 2 rings (SSSR count). The van der Waals surface area contributed by atoms with E-state index in [-0.39, 0.29) is 0 Å². The largest absolute Gasteiger partial charge is 0.496 e. The van der Waals surface area contributed by atoms with Crippen molar-refractivity contribution in [3.05, 3.63) is 45.9 Å². The summed E-state index contributed by atoms with van der Waals surface area (Å²) in [5, 5.41) is 10.2. The molecule has 1 aromatic carbocycles. The molecule has 0 saturated carbocycles. The molecule has 4 heteroatoms. The van der Waals surface area contributed by atoms with E-state index in [9.17, 15) is 5.11 Å². The van der Waals surface area contributed by atoms with Gasteiger partial charge < -0.3 is 9.84 Å². The van der Waals surface area contributed by atoms with E-state index in [0.717, 1.165) is 21.8 Å². The Morgan fingerprint density at radius 3 is 2.94 bits per heavy atom. The number of aliphatic hydroxyl groups excluding tert-OH is 1. The molecular weight excluding hydrogens is 234 g/mol. The first kappa shape index (κ1) is 12.1. The zero-order chi connectivity index (χ0) is 12.3. The van der Waals surface area contributed by atoms with Crippen LogP contribution in [0.3, 0.4) is 0 Å². The molecule has 0 spiro atoms. The normalized spacial score (nSPS) is 12.4. The quantitative estimate of drug-likeness (QED) is 0.906. The van der Waals surface area contributed by atoms with E-state index in [1.54, 1.807) is 30.2 Å². The zero-order valence-corrected chi connectivity index (χ0v) is 10.7. The first-order valence-electron chi connectivity index (χ1n) is 5.40. The van der Waals surface area contributed by atoms with Crippen LogP contribution >= 0.6 is 11.3 Å². The number of aromatic nitrogens is 1. The molecule has 0 amide bonds. The number of hydrogen-bond acceptors (Lipinski definition) is 4. The molecule has 1 aromatic heterocycles. The van der Waals surface area contributed by atoms with Crippen LogP contribution in [0.1, 0.15) is 22.1 Å². The monoisotopic (exact) mass is 249 g/mol. The lowest BCUT2D eigenvalue weighted by Crippen LogP contribution is -2.03. The van der Waals surface area contributed by atoms with Crippen LogP contribution in [0.4, 0.5) is 0 Å². The summed E-state index contributed by atoms with van der Waals surface area (Å²) in [4.78, 5) is 5.08. The first-order chi connectivity index (χ1) is 8.20. The summed E-state index contributed by atoms with van der Waals surface area (Å²) in [6, 6.07) is 5.83. The van der Waals surface area contributed by atoms with Gasteiger partial charge in [0.15, 0.2) is 0 Å². The minimum absolute atomic E-state index is 0.551. The first-order valence-corrected chi connectivity index (χ1v) is 6.28. The van der Waals surface area contributed by atoms with Crippen molar-refractivity contribution >= 4 is 11.3 Å². The maximum atomic E-state index is 10.2. The lowest BCUT2D eigenvalue weighted by molar-refractivity contribution is 0.175. The predicted molar refractivity (Wildman–Crippen MR) is 68.5 cm³/mol. The van der Waals surface area contributed by atoms with Gasteiger partial charge >= 0.3 is 0 Å². The van der Waals surface area contributed by atoms with Crippen molar-refractivity contribution in [2.75, 3.05) is 7.11 Å². The Morgan fingerprint density at radius 2 is 2.29 bits per heavy atom. The van der Waals surface area contributed by atoms with Gasteiger partial charge in [-0.05, 0) is 19.1 Å². The Hall–Kier alpha value is -1.39. The van der Waals surface area contributed by atoms with Gasteiger partial charge in [-0.1, -0.05) is 11.6 Å². The topological polar surface area (TPSA) is 42.4 Å². The van der Waals surface area contributed by atoms with Crippen LogP contribution in [0.25, 0.3) is 0 Å². The van der Waals surface area contributed by atoms with Crippen molar-refractivity contribution in [2.24, 2.45) is 0 Å². The number of benzene rings is 1. The van der Waals surface area contributed by atoms with E-state index >= 15 is 0 Å². The fourth-order valence-electron chi connectivity index (χ4n) is 1.76. The van der Waals surface area contributed by atoms with Crippen molar-refractivity contribution in [3.8, 4) is 5.75 Å². The molecule has 0 aliphatic carbocycles. The number of thiazole rings is 1. The SMILES string of the molecule is COc1ccc(C)cc1C(O)Cc1cncs1. The summed E-state index contributed by atoms with van der Waals surface area (Å²) in [7, 11) is 1.62. The number of hydrogen-bond donors (Lipinski definition) is 1. The number of ether oxygens (including phenoxy) is 1. The third-order valence-corrected chi connectivity index (χ3v) is 3.42. The van der Waals surface area contributed by atoms with E-state index in [1.807, 2.05) is 25.1 Å². The zero-order valence-electron chi connectivity index (χ0n) is 9.88. The molecule has 0 saturated heterocycles. The van der Waals surface area contributed by atoms with E-state index in [1.165, 1.54) is 0 Å². The summed E-state index contributed by atoms with van der Waals surface area (Å²) in [6.45, 7) is 2.00. The van der Waals surface area contributed by atoms with Crippen LogP contribution in [0.2, 0.25) is 0 Å². The fourth-order valence-corrected chi connectivity index (χ4v) is 2.39. The van der Waals surface area contributed by atoms with Crippen LogP contribution in [0.15, 0.2) is 29.9 Å². The highest BCUT2D eigenvalue weighted by Gasteiger charge is 2.14. The molecule has 1 atom stereocenters. The van der Waals surface area contributed by atoms with E-state index in [0.29, 0.717) is 6.42 Å². The third kappa shape index (κ3) is 2.84. The molecule has 17 heavy (non-hydrogen) atoms. The summed E-state index contributed by atoms with van der Waals surface area (Å²) in [6.07, 6.45) is 1.81. The van der Waals surface area contributed by atoms with Gasteiger partial charge in [0.2, 0.25) is 0 Å². The van der Waals surface area contributed by atoms with Crippen molar-refractivity contribution in [3.63, 3.8) is 0 Å². The molecule has 90 valence electrons. The molecule has 3 nitrogen and oxygen atoms in total. The van der Waals surface area contributed by atoms with Gasteiger partial charge in [0.1, 0.15) is 5.75 Å². The average molecular weight is 249 g/mol. The minimum Gasteiger partial charge on any atom is -0.496 e. The van der Waals surface area contributed by atoms with Crippen LogP contribution in [0.5, 0.6) is 5.75 Å². The lowest BCUT2D eigenvalue weighted by atomic mass is 10.0. The number of rotatable bonds is 4. The molecule has 0 aliphatic rings. The maximum Gasteiger partial charge on any atom is 0.124 e. The van der Waals surface area contributed by atoms with Crippen LogP contribution in [-0.4, -0.2) is 17.2 Å². The Balaban J connectivity index is 2.23. The van der Waals surface area contributed by atoms with Crippen LogP contribution < -0.4 is 4.74 Å². The molecule has 0 radical (unpaired) electrons. The summed E-state index contributed by atoms with van der Waals surface area (Å²) >= 11 is 1.55. The summed E-state index contributed by atoms with van der Waals surface area (Å²) in [5.41, 5.74) is 3.72. The average Bonchev–Trinajstić information content (AvgIpc) is 2.81. The molecule has 0 bridgehead atoms. The van der Waals surface area contributed by atoms with Crippen molar-refractivity contribution in [2.45, 2.75) is 19.4 Å². The third-order valence-electron chi connectivity index (χ3n) is 2.62. The molecular formula is C13H15NO2S. The van der Waals surface area contributed by atoms with E-state index in [4.69, 9.17) is 4.74 Å². The molecule has 1 unspecified atom stereocenters. The number of aliphatic hydroxyl groups is 1. The van der Waals surface area contributed by atoms with Gasteiger partial charge in [-0.2, -0.15) is 0 Å². The van der Waals surface area contributed by atoms with Gasteiger partial charge in [-0.25, -0.2) is 0 Å². The van der Waals surface area contributed by atoms with Crippen LogP contribution in [0, 0.1) is 6.92 Å². The van der Waals surface area contributed by atoms with Crippen LogP contribution in [-0.2, 0) is 6.42 Å². The van der Waals surface area contributed by atoms with Gasteiger partial charge in [0.05, 0.1) is 18.7 Å². The van der Waals surface area contributed by atoms with Crippen molar-refractivity contribution in [1.29, 1.82) is 0 Å². The lowest BCUT2D eigenvalue weighted by Gasteiger charge is -2.14. The highest BCUT2D eigenvalue weighted by Crippen LogP contribution is 2.29.